The van der Waals surface area contributed by atoms with Crippen LogP contribution < -0.4 is 16.1 Å². The van der Waals surface area contributed by atoms with Crippen LogP contribution in [0.25, 0.3) is 0 Å². The van der Waals surface area contributed by atoms with E-state index in [4.69, 9.17) is 16.3 Å². The van der Waals surface area contributed by atoms with Crippen molar-refractivity contribution < 1.29 is 19.4 Å². The number of ketones is 2. The van der Waals surface area contributed by atoms with Crippen LogP contribution in [0.1, 0.15) is 23.9 Å². The van der Waals surface area contributed by atoms with Crippen LogP contribution in [0.3, 0.4) is 0 Å². The number of hydrogen-bond acceptors (Lipinski definition) is 6. The number of benzene rings is 1. The molecule has 1 aromatic heterocycles. The van der Waals surface area contributed by atoms with Gasteiger partial charge in [0.1, 0.15) is 0 Å². The summed E-state index contributed by atoms with van der Waals surface area (Å²) < 4.78 is 9.26. The van der Waals surface area contributed by atoms with Crippen molar-refractivity contribution in [2.24, 2.45) is 7.05 Å². The van der Waals surface area contributed by atoms with Crippen molar-refractivity contribution in [1.82, 2.24) is 13.9 Å². The van der Waals surface area contributed by atoms with Crippen molar-refractivity contribution in [2.45, 2.75) is 24.9 Å². The highest BCUT2D eigenvalue weighted by atomic mass is 127. The van der Waals surface area contributed by atoms with E-state index in [-0.39, 0.29) is 41.1 Å². The zero-order valence-corrected chi connectivity index (χ0v) is 20.4. The Labute approximate surface area is 205 Å². The molecule has 0 bridgehead atoms. The minimum atomic E-state index is -0.711. The third kappa shape index (κ3) is 3.03. The van der Waals surface area contributed by atoms with Gasteiger partial charge in [0.25, 0.3) is 0 Å². The van der Waals surface area contributed by atoms with Gasteiger partial charge >= 0.3 is 11.4 Å². The number of hydrogen-bond donors (Lipinski definition) is 1. The van der Waals surface area contributed by atoms with Crippen molar-refractivity contribution in [2.75, 3.05) is 7.11 Å². The fourth-order valence-electron chi connectivity index (χ4n) is 4.87. The molecule has 0 saturated heterocycles. The van der Waals surface area contributed by atoms with Crippen LogP contribution in [-0.4, -0.2) is 37.7 Å². The number of aromatic hydroxyl groups is 1. The number of allylic oxidation sites excluding steroid dienone is 6. The molecule has 5 rings (SSSR count). The van der Waals surface area contributed by atoms with Gasteiger partial charge in [0.15, 0.2) is 23.1 Å². The largest absolute Gasteiger partial charge is 0.503 e. The minimum absolute atomic E-state index is 0.0265. The van der Waals surface area contributed by atoms with E-state index in [0.717, 1.165) is 4.57 Å². The third-order valence-corrected chi connectivity index (χ3v) is 7.49. The van der Waals surface area contributed by atoms with Crippen molar-refractivity contribution >= 4 is 45.8 Å². The van der Waals surface area contributed by atoms with Crippen LogP contribution in [-0.2, 0) is 23.2 Å². The van der Waals surface area contributed by atoms with Gasteiger partial charge in [-0.05, 0) is 45.9 Å². The molecule has 0 spiro atoms. The Balaban J connectivity index is 1.81. The van der Waals surface area contributed by atoms with Crippen LogP contribution in [0, 0.1) is 0 Å². The number of fused-ring (bicyclic) bond motifs is 3. The fourth-order valence-corrected chi connectivity index (χ4v) is 5.67. The van der Waals surface area contributed by atoms with E-state index in [9.17, 15) is 24.3 Å². The molecule has 3 aliphatic rings. The van der Waals surface area contributed by atoms with Crippen LogP contribution in [0.5, 0.6) is 11.5 Å². The van der Waals surface area contributed by atoms with Crippen LogP contribution in [0.15, 0.2) is 54.2 Å². The van der Waals surface area contributed by atoms with Gasteiger partial charge in [0, 0.05) is 36.6 Å². The Morgan fingerprint density at radius 3 is 2.61 bits per heavy atom. The molecule has 2 heterocycles. The Bertz CT molecular complexity index is 1490. The van der Waals surface area contributed by atoms with Gasteiger partial charge in [-0.15, -0.1) is 0 Å². The molecule has 2 aliphatic carbocycles. The predicted molar refractivity (Wildman–Crippen MR) is 127 cm³/mol. The summed E-state index contributed by atoms with van der Waals surface area (Å²) in [6.45, 7) is 0.137. The Morgan fingerprint density at radius 2 is 1.91 bits per heavy atom. The highest BCUT2D eigenvalue weighted by Gasteiger charge is 2.45. The highest BCUT2D eigenvalue weighted by Crippen LogP contribution is 2.51. The quantitative estimate of drug-likeness (QED) is 0.331. The second-order valence-electron chi connectivity index (χ2n) is 8.04. The lowest BCUT2D eigenvalue weighted by Crippen LogP contribution is -2.40. The minimum Gasteiger partial charge on any atom is -0.503 e. The summed E-state index contributed by atoms with van der Waals surface area (Å²) in [6, 6.07) is 2.46. The number of ether oxygens (including phenoxy) is 1. The second-order valence-corrected chi connectivity index (χ2v) is 9.61. The van der Waals surface area contributed by atoms with Crippen LogP contribution in [0.2, 0.25) is 5.02 Å². The molecule has 0 fully saturated rings. The van der Waals surface area contributed by atoms with E-state index >= 15 is 0 Å². The van der Waals surface area contributed by atoms with Crippen LogP contribution in [0.4, 0.5) is 0 Å². The summed E-state index contributed by atoms with van der Waals surface area (Å²) in [6.07, 6.45) is 3.21. The van der Waals surface area contributed by atoms with Gasteiger partial charge in [-0.3, -0.25) is 9.59 Å². The molecule has 0 amide bonds. The molecule has 33 heavy (non-hydrogen) atoms. The Kier molecular flexibility index (Phi) is 5.05. The molecule has 2 aromatic rings. The number of aromatic nitrogens is 3. The lowest BCUT2D eigenvalue weighted by atomic mass is 9.69. The van der Waals surface area contributed by atoms with E-state index in [2.05, 4.69) is 0 Å². The number of carbonyl (C=O) groups excluding carboxylic acids is 2. The number of halogens is 2. The predicted octanol–water partition coefficient (Wildman–Crippen LogP) is 2.15. The Hall–Kier alpha value is -2.86. The zero-order valence-electron chi connectivity index (χ0n) is 17.5. The first-order chi connectivity index (χ1) is 15.6. The summed E-state index contributed by atoms with van der Waals surface area (Å²) >= 11 is 8.10. The topological polar surface area (TPSA) is 113 Å². The molecule has 0 saturated carbocycles. The number of methoxy groups -OCH3 is 1. The molecule has 9 nitrogen and oxygen atoms in total. The monoisotopic (exact) mass is 581 g/mol. The molecule has 0 unspecified atom stereocenters. The number of phenolic OH excluding ortho intramolecular Hbond substituents is 1. The standard InChI is InChI=1S/C22H17ClIN3O6/c1-25-21(31)26-4-3-10-14(27(26)22(25)32)7-11-15(28)8-13(24)20(30)18(11)17(10)9-5-12(23)19(29)16(6-9)33-2/h3,5-6,8,14,17,29H,4,7H2,1-2H3/t14-,17+/m1/s1. The second kappa shape index (κ2) is 7.59. The van der Waals surface area contributed by atoms with Gasteiger partial charge in [-0.2, -0.15) is 0 Å². The SMILES string of the molecule is COc1cc([C@H]2C3=CCn4c(=O)n(C)c(=O)n4[C@@H]3CC3=C2C(=O)C(I)=CC3=O)cc(Cl)c1O. The molecule has 1 aliphatic heterocycles. The smallest absolute Gasteiger partial charge is 0.347 e. The molecular weight excluding hydrogens is 565 g/mol. The molecule has 2 atom stereocenters. The van der Waals surface area contributed by atoms with E-state index in [1.807, 2.05) is 28.7 Å². The van der Waals surface area contributed by atoms with Crippen molar-refractivity contribution in [3.8, 4) is 11.5 Å². The maximum absolute atomic E-state index is 13.3. The van der Waals surface area contributed by atoms with Crippen molar-refractivity contribution in [1.29, 1.82) is 0 Å². The number of rotatable bonds is 2. The zero-order chi connectivity index (χ0) is 23.8. The number of Topliss-reactive ketones (excluding diaryl/α,β-unsaturated/α-hetero) is 1. The van der Waals surface area contributed by atoms with E-state index in [1.54, 1.807) is 6.07 Å². The van der Waals surface area contributed by atoms with Gasteiger partial charge in [0.05, 0.1) is 28.3 Å². The molecule has 1 N–H and O–H groups in total. The van der Waals surface area contributed by atoms with Crippen molar-refractivity contribution in [3.05, 3.63) is 76.1 Å². The summed E-state index contributed by atoms with van der Waals surface area (Å²) in [5, 5.41) is 10.2. The molecule has 1 aromatic carbocycles. The van der Waals surface area contributed by atoms with Crippen LogP contribution >= 0.6 is 34.2 Å². The molecule has 11 heteroatoms. The lowest BCUT2D eigenvalue weighted by molar-refractivity contribution is -0.115. The maximum atomic E-state index is 13.3. The summed E-state index contributed by atoms with van der Waals surface area (Å²) in [5.41, 5.74) is 0.897. The number of carbonyl (C=O) groups is 2. The maximum Gasteiger partial charge on any atom is 0.347 e. The highest BCUT2D eigenvalue weighted by molar-refractivity contribution is 14.1. The average molecular weight is 582 g/mol. The van der Waals surface area contributed by atoms with Crippen molar-refractivity contribution in [3.63, 3.8) is 0 Å². The first-order valence-electron chi connectivity index (χ1n) is 9.99. The normalized spacial score (nSPS) is 21.8. The third-order valence-electron chi connectivity index (χ3n) is 6.40. The van der Waals surface area contributed by atoms with Gasteiger partial charge in [-0.25, -0.2) is 23.5 Å². The molecule has 170 valence electrons. The average Bonchev–Trinajstić information content (AvgIpc) is 3.02. The van der Waals surface area contributed by atoms with E-state index in [1.165, 1.54) is 35.7 Å². The number of nitrogens with zero attached hydrogens (tertiary/aromatic N) is 3. The Morgan fingerprint density at radius 1 is 1.18 bits per heavy atom. The lowest BCUT2D eigenvalue weighted by Gasteiger charge is -2.39. The first kappa shape index (κ1) is 22.0. The number of phenols is 1. The van der Waals surface area contributed by atoms with Gasteiger partial charge in [0.2, 0.25) is 0 Å². The summed E-state index contributed by atoms with van der Waals surface area (Å²) in [5.74, 6) is -1.42. The fraction of sp³-hybridized carbons (Fsp3) is 0.273. The van der Waals surface area contributed by atoms with E-state index in [0.29, 0.717) is 25.9 Å². The van der Waals surface area contributed by atoms with E-state index < -0.39 is 23.3 Å². The molecule has 0 radical (unpaired) electrons. The summed E-state index contributed by atoms with van der Waals surface area (Å²) in [4.78, 5) is 51.7. The summed E-state index contributed by atoms with van der Waals surface area (Å²) in [7, 11) is 2.78. The van der Waals surface area contributed by atoms with Gasteiger partial charge in [-0.1, -0.05) is 17.7 Å². The molecular formula is C22H17ClIN3O6. The first-order valence-corrected chi connectivity index (χ1v) is 11.4. The van der Waals surface area contributed by atoms with Gasteiger partial charge < -0.3 is 9.84 Å².